The summed E-state index contributed by atoms with van der Waals surface area (Å²) in [6.45, 7) is 0.859. The number of carboxylic acid groups (broad SMARTS) is 1. The third kappa shape index (κ3) is 4.09. The zero-order valence-electron chi connectivity index (χ0n) is 12.8. The van der Waals surface area contributed by atoms with Gasteiger partial charge in [-0.05, 0) is 25.0 Å². The van der Waals surface area contributed by atoms with Gasteiger partial charge in [0.1, 0.15) is 0 Å². The molecule has 0 aromatic heterocycles. The van der Waals surface area contributed by atoms with Crippen molar-refractivity contribution >= 4 is 24.3 Å². The van der Waals surface area contributed by atoms with Gasteiger partial charge in [0.05, 0.1) is 5.56 Å². The van der Waals surface area contributed by atoms with E-state index in [1.54, 1.807) is 18.2 Å². The number of carbonyl (C=O) groups excluding carboxylic acids is 3. The van der Waals surface area contributed by atoms with Crippen LogP contribution in [-0.4, -0.2) is 59.6 Å². The van der Waals surface area contributed by atoms with Crippen molar-refractivity contribution in [1.29, 1.82) is 0 Å². The van der Waals surface area contributed by atoms with Crippen LogP contribution in [0.15, 0.2) is 30.3 Å². The molecular weight excluding hydrogens is 318 g/mol. The van der Waals surface area contributed by atoms with Gasteiger partial charge in [0.25, 0.3) is 12.4 Å². The molecule has 128 valence electrons. The van der Waals surface area contributed by atoms with E-state index in [9.17, 15) is 24.3 Å². The minimum Gasteiger partial charge on any atom is -0.478 e. The summed E-state index contributed by atoms with van der Waals surface area (Å²) in [5, 5.41) is 9.31. The number of rotatable bonds is 7. The van der Waals surface area contributed by atoms with Gasteiger partial charge in [-0.1, -0.05) is 18.2 Å². The molecule has 1 saturated heterocycles. The fourth-order valence-corrected chi connectivity index (χ4v) is 2.44. The molecule has 1 aromatic carbocycles. The summed E-state index contributed by atoms with van der Waals surface area (Å²) in [5.41, 5.74) is 0.127. The molecular formula is C16H17NO7. The van der Waals surface area contributed by atoms with Gasteiger partial charge in [0.15, 0.2) is 0 Å². The lowest BCUT2D eigenvalue weighted by Gasteiger charge is -2.25. The summed E-state index contributed by atoms with van der Waals surface area (Å²) >= 11 is 0. The molecule has 2 unspecified atom stereocenters. The quantitative estimate of drug-likeness (QED) is 0.569. The molecule has 8 nitrogen and oxygen atoms in total. The summed E-state index contributed by atoms with van der Waals surface area (Å²) in [5.74, 6) is -3.18. The van der Waals surface area contributed by atoms with E-state index in [0.717, 1.165) is 12.8 Å². The van der Waals surface area contributed by atoms with Crippen LogP contribution in [0.25, 0.3) is 0 Å². The standard InChI is InChI=1S/C16H17NO7/c18-10-23-12(14(19)17-8-4-5-9-17)13(15(20)21)24-16(22)11-6-2-1-3-7-11/h1-3,6-7,10,12-13H,4-5,8-9H2,(H,20,21). The van der Waals surface area contributed by atoms with Gasteiger partial charge in [-0.15, -0.1) is 0 Å². The van der Waals surface area contributed by atoms with E-state index in [0.29, 0.717) is 13.1 Å². The highest BCUT2D eigenvalue weighted by Crippen LogP contribution is 2.16. The van der Waals surface area contributed by atoms with Gasteiger partial charge >= 0.3 is 11.9 Å². The van der Waals surface area contributed by atoms with Crippen LogP contribution in [0, 0.1) is 0 Å². The fraction of sp³-hybridized carbons (Fsp3) is 0.375. The van der Waals surface area contributed by atoms with Crippen molar-refractivity contribution in [2.24, 2.45) is 0 Å². The van der Waals surface area contributed by atoms with E-state index in [4.69, 9.17) is 4.74 Å². The summed E-state index contributed by atoms with van der Waals surface area (Å²) < 4.78 is 9.57. The number of carboxylic acids is 1. The fourth-order valence-electron chi connectivity index (χ4n) is 2.44. The van der Waals surface area contributed by atoms with Crippen LogP contribution in [0.4, 0.5) is 0 Å². The minimum absolute atomic E-state index is 0.0229. The number of amides is 1. The van der Waals surface area contributed by atoms with Gasteiger partial charge in [-0.25, -0.2) is 9.59 Å². The number of benzene rings is 1. The van der Waals surface area contributed by atoms with Gasteiger partial charge in [0, 0.05) is 13.1 Å². The first kappa shape index (κ1) is 17.5. The van der Waals surface area contributed by atoms with Crippen molar-refractivity contribution in [2.45, 2.75) is 25.0 Å². The Hall–Kier alpha value is -2.90. The van der Waals surface area contributed by atoms with Crippen LogP contribution in [0.3, 0.4) is 0 Å². The minimum atomic E-state index is -1.92. The van der Waals surface area contributed by atoms with Crippen LogP contribution in [0.1, 0.15) is 23.2 Å². The maximum atomic E-state index is 12.4. The number of aliphatic carboxylic acids is 1. The first-order valence-corrected chi connectivity index (χ1v) is 7.41. The summed E-state index contributed by atoms with van der Waals surface area (Å²) in [4.78, 5) is 48.0. The molecule has 0 saturated carbocycles. The molecule has 2 atom stereocenters. The number of likely N-dealkylation sites (tertiary alicyclic amines) is 1. The van der Waals surface area contributed by atoms with Crippen LogP contribution < -0.4 is 0 Å². The molecule has 24 heavy (non-hydrogen) atoms. The predicted molar refractivity (Wildman–Crippen MR) is 80.0 cm³/mol. The van der Waals surface area contributed by atoms with Gasteiger partial charge < -0.3 is 19.5 Å². The maximum absolute atomic E-state index is 12.4. The van der Waals surface area contributed by atoms with E-state index in [-0.39, 0.29) is 12.0 Å². The van der Waals surface area contributed by atoms with Crippen molar-refractivity contribution in [3.05, 3.63) is 35.9 Å². The number of hydrogen-bond donors (Lipinski definition) is 1. The average Bonchev–Trinajstić information content (AvgIpc) is 3.12. The smallest absolute Gasteiger partial charge is 0.349 e. The predicted octanol–water partition coefficient (Wildman–Crippen LogP) is 0.461. The highest BCUT2D eigenvalue weighted by molar-refractivity contribution is 5.94. The Labute approximate surface area is 138 Å². The zero-order valence-corrected chi connectivity index (χ0v) is 12.8. The molecule has 1 fully saturated rings. The highest BCUT2D eigenvalue weighted by atomic mass is 16.6. The average molecular weight is 335 g/mol. The largest absolute Gasteiger partial charge is 0.478 e. The summed E-state index contributed by atoms with van der Waals surface area (Å²) in [6.07, 6.45) is -2.08. The third-order valence-electron chi connectivity index (χ3n) is 3.63. The number of nitrogens with zero attached hydrogens (tertiary/aromatic N) is 1. The highest BCUT2D eigenvalue weighted by Gasteiger charge is 2.41. The molecule has 1 N–H and O–H groups in total. The normalized spacial score (nSPS) is 16.1. The van der Waals surface area contributed by atoms with Crippen LogP contribution in [-0.2, 0) is 23.9 Å². The SMILES string of the molecule is O=COC(C(=O)N1CCCC1)C(OC(=O)c1ccccc1)C(=O)O. The molecule has 1 aromatic rings. The monoisotopic (exact) mass is 335 g/mol. The Morgan fingerprint density at radius 3 is 2.25 bits per heavy atom. The van der Waals surface area contributed by atoms with Crippen molar-refractivity contribution in [2.75, 3.05) is 13.1 Å². The Bertz CT molecular complexity index is 610. The second-order valence-corrected chi connectivity index (χ2v) is 5.22. The van der Waals surface area contributed by atoms with Crippen LogP contribution >= 0.6 is 0 Å². The van der Waals surface area contributed by atoms with E-state index in [2.05, 4.69) is 4.74 Å². The second-order valence-electron chi connectivity index (χ2n) is 5.22. The second kappa shape index (κ2) is 8.09. The first-order chi connectivity index (χ1) is 11.5. The van der Waals surface area contributed by atoms with Gasteiger partial charge in [-0.3, -0.25) is 9.59 Å². The molecule has 0 spiro atoms. The van der Waals surface area contributed by atoms with Gasteiger partial charge in [-0.2, -0.15) is 0 Å². The number of hydrogen-bond acceptors (Lipinski definition) is 6. The lowest BCUT2D eigenvalue weighted by molar-refractivity contribution is -0.169. The zero-order chi connectivity index (χ0) is 17.5. The Morgan fingerprint density at radius 2 is 1.71 bits per heavy atom. The lowest BCUT2D eigenvalue weighted by atomic mass is 10.1. The van der Waals surface area contributed by atoms with Crippen molar-refractivity contribution in [3.8, 4) is 0 Å². The molecule has 1 heterocycles. The van der Waals surface area contributed by atoms with Crippen molar-refractivity contribution < 1.29 is 33.8 Å². The van der Waals surface area contributed by atoms with Crippen LogP contribution in [0.5, 0.6) is 0 Å². The molecule has 2 rings (SSSR count). The molecule has 0 radical (unpaired) electrons. The number of carbonyl (C=O) groups is 4. The number of esters is 1. The Morgan fingerprint density at radius 1 is 1.08 bits per heavy atom. The number of ether oxygens (including phenoxy) is 2. The van der Waals surface area contributed by atoms with E-state index in [1.807, 2.05) is 0 Å². The molecule has 8 heteroatoms. The molecule has 0 aliphatic carbocycles. The Balaban J connectivity index is 2.18. The van der Waals surface area contributed by atoms with Gasteiger partial charge in [0.2, 0.25) is 12.2 Å². The molecule has 0 bridgehead atoms. The lowest BCUT2D eigenvalue weighted by Crippen LogP contribution is -2.50. The molecule has 1 aliphatic heterocycles. The topological polar surface area (TPSA) is 110 Å². The van der Waals surface area contributed by atoms with Crippen LogP contribution in [0.2, 0.25) is 0 Å². The third-order valence-corrected chi connectivity index (χ3v) is 3.63. The van der Waals surface area contributed by atoms with E-state index >= 15 is 0 Å². The summed E-state index contributed by atoms with van der Waals surface area (Å²) in [7, 11) is 0. The van der Waals surface area contributed by atoms with Crippen molar-refractivity contribution in [1.82, 2.24) is 4.90 Å². The first-order valence-electron chi connectivity index (χ1n) is 7.41. The Kier molecular flexibility index (Phi) is 5.89. The summed E-state index contributed by atoms with van der Waals surface area (Å²) in [6, 6.07) is 7.74. The molecule has 1 amide bonds. The van der Waals surface area contributed by atoms with Crippen molar-refractivity contribution in [3.63, 3.8) is 0 Å². The maximum Gasteiger partial charge on any atom is 0.349 e. The van der Waals surface area contributed by atoms with E-state index in [1.165, 1.54) is 17.0 Å². The molecule has 1 aliphatic rings. The van der Waals surface area contributed by atoms with E-state index < -0.39 is 30.1 Å².